The van der Waals surface area contributed by atoms with Gasteiger partial charge in [-0.15, -0.1) is 0 Å². The van der Waals surface area contributed by atoms with E-state index < -0.39 is 41.8 Å². The standard InChI is InChI=1S/C23H27F3N4O5/c24-23(25,26)22(35)28-12-6-4-2-1-3-5-11-27-14-7-8-15-16(13-14)21(34)30(20(15)33)17-9-10-18(31)29-19(17)32/h7-8,13,17,27H,1-6,9-12H2,(H,28,35)(H,29,31,32). The van der Waals surface area contributed by atoms with Crippen LogP contribution < -0.4 is 16.0 Å². The second-order valence-electron chi connectivity index (χ2n) is 8.51. The highest BCUT2D eigenvalue weighted by Crippen LogP contribution is 2.29. The molecule has 3 rings (SSSR count). The molecule has 9 nitrogen and oxygen atoms in total. The van der Waals surface area contributed by atoms with E-state index in [0.29, 0.717) is 18.7 Å². The molecule has 190 valence electrons. The summed E-state index contributed by atoms with van der Waals surface area (Å²) in [5.41, 5.74) is 1.09. The summed E-state index contributed by atoms with van der Waals surface area (Å²) >= 11 is 0. The summed E-state index contributed by atoms with van der Waals surface area (Å²) in [6, 6.07) is 3.81. The molecule has 2 heterocycles. The number of benzene rings is 1. The zero-order valence-electron chi connectivity index (χ0n) is 19.0. The van der Waals surface area contributed by atoms with E-state index >= 15 is 0 Å². The summed E-state index contributed by atoms with van der Waals surface area (Å²) in [4.78, 5) is 60.6. The van der Waals surface area contributed by atoms with Crippen LogP contribution in [0.15, 0.2) is 18.2 Å². The van der Waals surface area contributed by atoms with Gasteiger partial charge in [0.1, 0.15) is 6.04 Å². The van der Waals surface area contributed by atoms with Crippen molar-refractivity contribution >= 4 is 35.2 Å². The zero-order chi connectivity index (χ0) is 25.6. The van der Waals surface area contributed by atoms with Gasteiger partial charge in [0.2, 0.25) is 11.8 Å². The number of nitrogens with zero attached hydrogens (tertiary/aromatic N) is 1. The van der Waals surface area contributed by atoms with Gasteiger partial charge in [0.25, 0.3) is 11.8 Å². The Morgan fingerprint density at radius 1 is 0.943 bits per heavy atom. The van der Waals surface area contributed by atoms with E-state index in [-0.39, 0.29) is 30.5 Å². The normalized spacial score (nSPS) is 17.9. The van der Waals surface area contributed by atoms with Crippen LogP contribution in [0.4, 0.5) is 18.9 Å². The third kappa shape index (κ3) is 6.58. The third-order valence-corrected chi connectivity index (χ3v) is 5.92. The van der Waals surface area contributed by atoms with E-state index in [1.165, 1.54) is 0 Å². The van der Waals surface area contributed by atoms with E-state index in [9.17, 15) is 37.1 Å². The summed E-state index contributed by atoms with van der Waals surface area (Å²) in [7, 11) is 0. The Morgan fingerprint density at radius 2 is 1.57 bits per heavy atom. The summed E-state index contributed by atoms with van der Waals surface area (Å²) in [5.74, 6) is -4.10. The lowest BCUT2D eigenvalue weighted by molar-refractivity contribution is -0.173. The van der Waals surface area contributed by atoms with E-state index in [2.05, 4.69) is 10.6 Å². The molecule has 2 aliphatic rings. The predicted octanol–water partition coefficient (Wildman–Crippen LogP) is 2.52. The Hall–Kier alpha value is -3.44. The van der Waals surface area contributed by atoms with Crippen LogP contribution in [0.2, 0.25) is 0 Å². The van der Waals surface area contributed by atoms with Crippen molar-refractivity contribution in [1.29, 1.82) is 0 Å². The molecule has 2 aliphatic heterocycles. The minimum atomic E-state index is -4.85. The Kier molecular flexibility index (Phi) is 8.47. The van der Waals surface area contributed by atoms with Gasteiger partial charge < -0.3 is 10.6 Å². The molecule has 12 heteroatoms. The molecule has 0 spiro atoms. The Balaban J connectivity index is 1.36. The highest BCUT2D eigenvalue weighted by Gasteiger charge is 2.44. The first-order chi connectivity index (χ1) is 16.6. The predicted molar refractivity (Wildman–Crippen MR) is 118 cm³/mol. The van der Waals surface area contributed by atoms with Crippen LogP contribution in [0, 0.1) is 0 Å². The van der Waals surface area contributed by atoms with Gasteiger partial charge in [-0.1, -0.05) is 25.7 Å². The summed E-state index contributed by atoms with van der Waals surface area (Å²) in [6.07, 6.45) is -0.0184. The largest absolute Gasteiger partial charge is 0.471 e. The van der Waals surface area contributed by atoms with E-state index in [1.54, 1.807) is 18.2 Å². The molecule has 0 aromatic heterocycles. The molecule has 1 aromatic carbocycles. The van der Waals surface area contributed by atoms with Crippen molar-refractivity contribution in [2.75, 3.05) is 18.4 Å². The first-order valence-electron chi connectivity index (χ1n) is 11.5. The average Bonchev–Trinajstić information content (AvgIpc) is 3.04. The smallest absolute Gasteiger partial charge is 0.385 e. The maximum Gasteiger partial charge on any atom is 0.471 e. The van der Waals surface area contributed by atoms with E-state index in [4.69, 9.17) is 0 Å². The maximum atomic E-state index is 12.8. The second kappa shape index (κ2) is 11.3. The van der Waals surface area contributed by atoms with Crippen molar-refractivity contribution in [3.8, 4) is 0 Å². The summed E-state index contributed by atoms with van der Waals surface area (Å²) in [5, 5.41) is 7.20. The lowest BCUT2D eigenvalue weighted by atomic mass is 10.0. The number of alkyl halides is 3. The van der Waals surface area contributed by atoms with Crippen LogP contribution in [0.1, 0.15) is 72.1 Å². The minimum absolute atomic E-state index is 0.000419. The molecule has 1 saturated heterocycles. The first-order valence-corrected chi connectivity index (χ1v) is 11.5. The molecule has 5 amide bonds. The number of halogens is 3. The number of fused-ring (bicyclic) bond motifs is 1. The van der Waals surface area contributed by atoms with Gasteiger partial charge in [-0.05, 0) is 37.5 Å². The van der Waals surface area contributed by atoms with Gasteiger partial charge in [0, 0.05) is 25.2 Å². The Bertz CT molecular complexity index is 1010. The third-order valence-electron chi connectivity index (χ3n) is 5.92. The van der Waals surface area contributed by atoms with Crippen LogP contribution in [0.3, 0.4) is 0 Å². The van der Waals surface area contributed by atoms with Gasteiger partial charge >= 0.3 is 12.1 Å². The Labute approximate surface area is 199 Å². The van der Waals surface area contributed by atoms with Gasteiger partial charge in [-0.2, -0.15) is 13.2 Å². The van der Waals surface area contributed by atoms with Crippen molar-refractivity contribution in [1.82, 2.24) is 15.5 Å². The molecule has 0 bridgehead atoms. The molecule has 1 atom stereocenters. The number of nitrogens with one attached hydrogen (secondary N) is 3. The number of piperidine rings is 1. The zero-order valence-corrected chi connectivity index (χ0v) is 19.0. The van der Waals surface area contributed by atoms with Crippen molar-refractivity contribution in [3.63, 3.8) is 0 Å². The molecular formula is C23H27F3N4O5. The van der Waals surface area contributed by atoms with Crippen LogP contribution in [0.25, 0.3) is 0 Å². The van der Waals surface area contributed by atoms with Crippen molar-refractivity contribution in [2.24, 2.45) is 0 Å². The summed E-state index contributed by atoms with van der Waals surface area (Å²) in [6.45, 7) is 0.625. The number of carbonyl (C=O) groups excluding carboxylic acids is 5. The number of imide groups is 2. The number of hydrogen-bond donors (Lipinski definition) is 3. The highest BCUT2D eigenvalue weighted by molar-refractivity contribution is 6.23. The van der Waals surface area contributed by atoms with Crippen LogP contribution in [-0.4, -0.2) is 59.7 Å². The number of hydrogen-bond acceptors (Lipinski definition) is 6. The van der Waals surface area contributed by atoms with Crippen LogP contribution in [-0.2, 0) is 14.4 Å². The number of anilines is 1. The number of unbranched alkanes of at least 4 members (excludes halogenated alkanes) is 5. The van der Waals surface area contributed by atoms with Crippen LogP contribution in [0.5, 0.6) is 0 Å². The Morgan fingerprint density at radius 3 is 2.23 bits per heavy atom. The van der Waals surface area contributed by atoms with Crippen molar-refractivity contribution in [3.05, 3.63) is 29.3 Å². The molecule has 3 N–H and O–H groups in total. The quantitative estimate of drug-likeness (QED) is 0.320. The number of amides is 5. The fraction of sp³-hybridized carbons (Fsp3) is 0.522. The van der Waals surface area contributed by atoms with Crippen molar-refractivity contribution in [2.45, 2.75) is 63.6 Å². The molecule has 0 aliphatic carbocycles. The van der Waals surface area contributed by atoms with Gasteiger partial charge in [-0.3, -0.25) is 34.2 Å². The van der Waals surface area contributed by atoms with Crippen molar-refractivity contribution < 1.29 is 37.1 Å². The van der Waals surface area contributed by atoms with Gasteiger partial charge in [0.15, 0.2) is 0 Å². The molecule has 1 fully saturated rings. The van der Waals surface area contributed by atoms with Crippen LogP contribution >= 0.6 is 0 Å². The van der Waals surface area contributed by atoms with E-state index in [1.807, 2.05) is 5.32 Å². The lowest BCUT2D eigenvalue weighted by Crippen LogP contribution is -2.54. The second-order valence-corrected chi connectivity index (χ2v) is 8.51. The fourth-order valence-corrected chi connectivity index (χ4v) is 4.07. The highest BCUT2D eigenvalue weighted by atomic mass is 19.4. The van der Waals surface area contributed by atoms with E-state index in [0.717, 1.165) is 37.0 Å². The summed E-state index contributed by atoms with van der Waals surface area (Å²) < 4.78 is 36.2. The van der Waals surface area contributed by atoms with Gasteiger partial charge in [0.05, 0.1) is 11.1 Å². The molecule has 35 heavy (non-hydrogen) atoms. The lowest BCUT2D eigenvalue weighted by Gasteiger charge is -2.27. The number of rotatable bonds is 11. The molecular weight excluding hydrogens is 469 g/mol. The maximum absolute atomic E-state index is 12.8. The molecule has 0 radical (unpaired) electrons. The monoisotopic (exact) mass is 496 g/mol. The molecule has 0 saturated carbocycles. The number of carbonyl (C=O) groups is 5. The average molecular weight is 496 g/mol. The molecule has 1 aromatic rings. The van der Waals surface area contributed by atoms with Gasteiger partial charge in [-0.25, -0.2) is 0 Å². The minimum Gasteiger partial charge on any atom is -0.385 e. The fourth-order valence-electron chi connectivity index (χ4n) is 4.07. The molecule has 1 unspecified atom stereocenters. The SMILES string of the molecule is O=C1CCC(N2C(=O)c3ccc(NCCCCCCCCNC(=O)C(F)(F)F)cc3C2=O)C(=O)N1. The first kappa shape index (κ1) is 26.2. The topological polar surface area (TPSA) is 125 Å².